The molecule has 1 aromatic carbocycles. The molecule has 0 spiro atoms. The van der Waals surface area contributed by atoms with Gasteiger partial charge in [-0.3, -0.25) is 4.79 Å². The third-order valence-corrected chi connectivity index (χ3v) is 3.01. The van der Waals surface area contributed by atoms with E-state index >= 15 is 0 Å². The molecule has 2 aromatic rings. The van der Waals surface area contributed by atoms with Crippen LogP contribution < -0.4 is 15.8 Å². The number of rotatable bonds is 2. The molecule has 3 N–H and O–H groups in total. The van der Waals surface area contributed by atoms with E-state index in [9.17, 15) is 4.79 Å². The molecule has 1 unspecified atom stereocenters. The zero-order chi connectivity index (χ0) is 13.2. The van der Waals surface area contributed by atoms with E-state index in [1.54, 1.807) is 18.2 Å². The minimum Gasteiger partial charge on any atom is -0.491 e. The van der Waals surface area contributed by atoms with Gasteiger partial charge in [-0.25, -0.2) is 4.98 Å². The van der Waals surface area contributed by atoms with Gasteiger partial charge in [-0.2, -0.15) is 0 Å². The lowest BCUT2D eigenvalue weighted by Gasteiger charge is -2.11. The molecule has 1 aliphatic heterocycles. The maximum Gasteiger partial charge on any atom is 0.270 e. The lowest BCUT2D eigenvalue weighted by molar-refractivity contribution is 0.0925. The van der Waals surface area contributed by atoms with Gasteiger partial charge in [0.1, 0.15) is 23.9 Å². The maximum absolute atomic E-state index is 12.1. The van der Waals surface area contributed by atoms with Crippen LogP contribution in [0.5, 0.6) is 5.75 Å². The molecule has 1 aromatic heterocycles. The molecule has 3 rings (SSSR count). The number of ether oxygens (including phenoxy) is 1. The van der Waals surface area contributed by atoms with Gasteiger partial charge in [0.2, 0.25) is 0 Å². The van der Waals surface area contributed by atoms with Crippen molar-refractivity contribution in [3.8, 4) is 5.75 Å². The quantitative estimate of drug-likeness (QED) is 0.853. The van der Waals surface area contributed by atoms with E-state index in [2.05, 4.69) is 10.3 Å². The summed E-state index contributed by atoms with van der Waals surface area (Å²) in [5, 5.41) is 2.90. The predicted molar refractivity (Wildman–Crippen MR) is 70.8 cm³/mol. The number of nitrogens with one attached hydrogen (secondary N) is 1. The van der Waals surface area contributed by atoms with Crippen LogP contribution in [0.15, 0.2) is 42.5 Å². The topological polar surface area (TPSA) is 77.2 Å². The molecule has 0 saturated carbocycles. The Morgan fingerprint density at radius 1 is 1.26 bits per heavy atom. The van der Waals surface area contributed by atoms with Crippen LogP contribution >= 0.6 is 0 Å². The SMILES string of the molecule is Nc1cccc(C(=O)NC2COc3ccccc32)n1. The Morgan fingerprint density at radius 3 is 2.95 bits per heavy atom. The number of carbonyl (C=O) groups excluding carboxylic acids is 1. The average molecular weight is 255 g/mol. The summed E-state index contributed by atoms with van der Waals surface area (Å²) in [6, 6.07) is 12.5. The molecular formula is C14H13N3O2. The Hall–Kier alpha value is -2.56. The van der Waals surface area contributed by atoms with E-state index in [1.807, 2.05) is 24.3 Å². The number of pyridine rings is 1. The highest BCUT2D eigenvalue weighted by atomic mass is 16.5. The third-order valence-electron chi connectivity index (χ3n) is 3.01. The number of para-hydroxylation sites is 1. The Kier molecular flexibility index (Phi) is 2.79. The summed E-state index contributed by atoms with van der Waals surface area (Å²) >= 11 is 0. The van der Waals surface area contributed by atoms with Crippen molar-refractivity contribution in [2.24, 2.45) is 0 Å². The van der Waals surface area contributed by atoms with Crippen LogP contribution in [0.3, 0.4) is 0 Å². The van der Waals surface area contributed by atoms with Crippen LogP contribution in [0.4, 0.5) is 5.82 Å². The Balaban J connectivity index is 1.78. The van der Waals surface area contributed by atoms with E-state index in [4.69, 9.17) is 10.5 Å². The number of anilines is 1. The molecule has 0 fully saturated rings. The van der Waals surface area contributed by atoms with Gasteiger partial charge in [-0.05, 0) is 18.2 Å². The fourth-order valence-electron chi connectivity index (χ4n) is 2.09. The number of nitrogens with two attached hydrogens (primary N) is 1. The number of hydrogen-bond acceptors (Lipinski definition) is 4. The fraction of sp³-hybridized carbons (Fsp3) is 0.143. The Labute approximate surface area is 110 Å². The first-order chi connectivity index (χ1) is 9.24. The zero-order valence-electron chi connectivity index (χ0n) is 10.2. The molecule has 0 saturated heterocycles. The average Bonchev–Trinajstić information content (AvgIpc) is 2.82. The first kappa shape index (κ1) is 11.5. The van der Waals surface area contributed by atoms with E-state index in [-0.39, 0.29) is 11.9 Å². The van der Waals surface area contributed by atoms with Gasteiger partial charge >= 0.3 is 0 Å². The van der Waals surface area contributed by atoms with Gasteiger partial charge in [0.15, 0.2) is 0 Å². The molecule has 2 heterocycles. The second-order valence-electron chi connectivity index (χ2n) is 4.32. The molecule has 96 valence electrons. The van der Waals surface area contributed by atoms with Crippen molar-refractivity contribution in [2.45, 2.75) is 6.04 Å². The second-order valence-corrected chi connectivity index (χ2v) is 4.32. The molecule has 1 atom stereocenters. The summed E-state index contributed by atoms with van der Waals surface area (Å²) in [6.07, 6.45) is 0. The number of aromatic nitrogens is 1. The van der Waals surface area contributed by atoms with Crippen molar-refractivity contribution in [1.29, 1.82) is 0 Å². The lowest BCUT2D eigenvalue weighted by atomic mass is 10.1. The van der Waals surface area contributed by atoms with Gasteiger partial charge < -0.3 is 15.8 Å². The first-order valence-corrected chi connectivity index (χ1v) is 5.99. The van der Waals surface area contributed by atoms with E-state index in [1.165, 1.54) is 0 Å². The van der Waals surface area contributed by atoms with Crippen LogP contribution in [-0.4, -0.2) is 17.5 Å². The smallest absolute Gasteiger partial charge is 0.270 e. The molecule has 5 nitrogen and oxygen atoms in total. The highest BCUT2D eigenvalue weighted by Crippen LogP contribution is 2.31. The van der Waals surface area contributed by atoms with Crippen molar-refractivity contribution >= 4 is 11.7 Å². The van der Waals surface area contributed by atoms with Crippen molar-refractivity contribution in [2.75, 3.05) is 12.3 Å². The lowest BCUT2D eigenvalue weighted by Crippen LogP contribution is -2.30. The van der Waals surface area contributed by atoms with Gasteiger partial charge in [-0.15, -0.1) is 0 Å². The van der Waals surface area contributed by atoms with Crippen molar-refractivity contribution in [1.82, 2.24) is 10.3 Å². The zero-order valence-corrected chi connectivity index (χ0v) is 10.2. The minimum atomic E-state index is -0.252. The highest BCUT2D eigenvalue weighted by molar-refractivity contribution is 5.93. The van der Waals surface area contributed by atoms with E-state index < -0.39 is 0 Å². The summed E-state index contributed by atoms with van der Waals surface area (Å²) in [4.78, 5) is 16.1. The number of nitrogens with zero attached hydrogens (tertiary/aromatic N) is 1. The number of nitrogen functional groups attached to an aromatic ring is 1. The normalized spacial score (nSPS) is 16.5. The van der Waals surface area contributed by atoms with E-state index in [0.717, 1.165) is 11.3 Å². The fourth-order valence-corrected chi connectivity index (χ4v) is 2.09. The summed E-state index contributed by atoms with van der Waals surface area (Å²) in [5.74, 6) is 0.890. The largest absolute Gasteiger partial charge is 0.491 e. The minimum absolute atomic E-state index is 0.146. The second kappa shape index (κ2) is 4.61. The van der Waals surface area contributed by atoms with Crippen molar-refractivity contribution < 1.29 is 9.53 Å². The summed E-state index contributed by atoms with van der Waals surface area (Å²) in [6.45, 7) is 0.438. The molecule has 19 heavy (non-hydrogen) atoms. The van der Waals surface area contributed by atoms with Crippen molar-refractivity contribution in [3.63, 3.8) is 0 Å². The predicted octanol–water partition coefficient (Wildman–Crippen LogP) is 1.53. The monoisotopic (exact) mass is 255 g/mol. The van der Waals surface area contributed by atoms with Gasteiger partial charge in [0, 0.05) is 5.56 Å². The maximum atomic E-state index is 12.1. The third kappa shape index (κ3) is 2.22. The summed E-state index contributed by atoms with van der Waals surface area (Å²) < 4.78 is 5.51. The highest BCUT2D eigenvalue weighted by Gasteiger charge is 2.25. The van der Waals surface area contributed by atoms with Crippen LogP contribution in [0.25, 0.3) is 0 Å². The molecule has 0 bridgehead atoms. The molecule has 5 heteroatoms. The number of hydrogen-bond donors (Lipinski definition) is 2. The van der Waals surface area contributed by atoms with Crippen molar-refractivity contribution in [3.05, 3.63) is 53.7 Å². The molecule has 0 radical (unpaired) electrons. The number of amides is 1. The Morgan fingerprint density at radius 2 is 2.11 bits per heavy atom. The van der Waals surface area contributed by atoms with E-state index in [0.29, 0.717) is 18.1 Å². The van der Waals surface area contributed by atoms with Gasteiger partial charge in [-0.1, -0.05) is 24.3 Å². The number of fused-ring (bicyclic) bond motifs is 1. The van der Waals surface area contributed by atoms with Crippen LogP contribution in [0.1, 0.15) is 22.1 Å². The molecular weight excluding hydrogens is 242 g/mol. The van der Waals surface area contributed by atoms with Gasteiger partial charge in [0.25, 0.3) is 5.91 Å². The summed E-state index contributed by atoms with van der Waals surface area (Å²) in [7, 11) is 0. The molecule has 1 amide bonds. The van der Waals surface area contributed by atoms with Crippen LogP contribution in [-0.2, 0) is 0 Å². The Bertz CT molecular complexity index is 628. The summed E-state index contributed by atoms with van der Waals surface area (Å²) in [5.41, 5.74) is 6.86. The molecule has 0 aliphatic carbocycles. The number of benzene rings is 1. The number of carbonyl (C=O) groups is 1. The van der Waals surface area contributed by atoms with Gasteiger partial charge in [0.05, 0.1) is 6.04 Å². The molecule has 1 aliphatic rings. The first-order valence-electron chi connectivity index (χ1n) is 5.99. The standard InChI is InChI=1S/C14H13N3O2/c15-13-7-3-5-10(16-13)14(18)17-11-8-19-12-6-2-1-4-9(11)12/h1-7,11H,8H2,(H2,15,16)(H,17,18). The van der Waals surface area contributed by atoms with Crippen LogP contribution in [0, 0.1) is 0 Å². The van der Waals surface area contributed by atoms with Crippen LogP contribution in [0.2, 0.25) is 0 Å².